The number of nitrogens with zero attached hydrogens (tertiary/aromatic N) is 1. The quantitative estimate of drug-likeness (QED) is 0.584. The summed E-state index contributed by atoms with van der Waals surface area (Å²) in [5.41, 5.74) is 4.84. The molecular formula is C15H17BrFN5O. The molecule has 0 spiro atoms. The van der Waals surface area contributed by atoms with Gasteiger partial charge in [0.2, 0.25) is 0 Å². The van der Waals surface area contributed by atoms with Gasteiger partial charge in [0.1, 0.15) is 5.82 Å². The Hall–Kier alpha value is -2.22. The Labute approximate surface area is 141 Å². The second-order valence-electron chi connectivity index (χ2n) is 5.36. The topological polar surface area (TPSA) is 103 Å². The molecule has 0 radical (unpaired) electrons. The molecule has 0 saturated heterocycles. The van der Waals surface area contributed by atoms with Crippen molar-refractivity contribution in [2.24, 2.45) is 10.7 Å². The van der Waals surface area contributed by atoms with Crippen molar-refractivity contribution in [1.29, 1.82) is 5.41 Å². The Morgan fingerprint density at radius 2 is 2.26 bits per heavy atom. The Morgan fingerprint density at radius 1 is 1.57 bits per heavy atom. The number of aliphatic imine (C=N–C) groups is 1. The van der Waals surface area contributed by atoms with E-state index in [4.69, 9.17) is 11.1 Å². The maximum Gasteiger partial charge on any atom is 0.264 e. The molecule has 23 heavy (non-hydrogen) atoms. The van der Waals surface area contributed by atoms with Crippen LogP contribution in [-0.2, 0) is 10.3 Å². The number of hydrogen-bond acceptors (Lipinski definition) is 5. The minimum absolute atomic E-state index is 0.0484. The fourth-order valence-electron chi connectivity index (χ4n) is 2.25. The maximum absolute atomic E-state index is 13.5. The van der Waals surface area contributed by atoms with E-state index in [1.54, 1.807) is 6.20 Å². The number of halogens is 2. The molecule has 6 nitrogen and oxygen atoms in total. The third-order valence-electron chi connectivity index (χ3n) is 3.34. The fraction of sp³-hybridized carbons (Fsp3) is 0.267. The van der Waals surface area contributed by atoms with Gasteiger partial charge in [-0.05, 0) is 47.5 Å². The van der Waals surface area contributed by atoms with Gasteiger partial charge in [-0.1, -0.05) is 6.07 Å². The van der Waals surface area contributed by atoms with E-state index in [-0.39, 0.29) is 16.5 Å². The summed E-state index contributed by atoms with van der Waals surface area (Å²) < 4.78 is 13.7. The van der Waals surface area contributed by atoms with Crippen molar-refractivity contribution in [3.05, 3.63) is 45.8 Å². The molecule has 1 heterocycles. The van der Waals surface area contributed by atoms with E-state index >= 15 is 0 Å². The zero-order chi connectivity index (χ0) is 17.2. The molecule has 1 aromatic carbocycles. The lowest BCUT2D eigenvalue weighted by molar-refractivity contribution is -0.122. The van der Waals surface area contributed by atoms with E-state index in [9.17, 15) is 9.18 Å². The lowest BCUT2D eigenvalue weighted by Crippen LogP contribution is -2.41. The van der Waals surface area contributed by atoms with Crippen LogP contribution in [0.25, 0.3) is 0 Å². The van der Waals surface area contributed by atoms with Crippen molar-refractivity contribution in [3.8, 4) is 0 Å². The molecule has 1 aliphatic heterocycles. The number of nitrogens with one attached hydrogen (secondary N) is 3. The van der Waals surface area contributed by atoms with Crippen molar-refractivity contribution >= 4 is 34.0 Å². The van der Waals surface area contributed by atoms with Gasteiger partial charge in [0, 0.05) is 24.0 Å². The first-order valence-corrected chi connectivity index (χ1v) is 7.70. The van der Waals surface area contributed by atoms with Crippen molar-refractivity contribution in [1.82, 2.24) is 10.6 Å². The Balaban J connectivity index is 2.66. The molecule has 1 aliphatic rings. The second kappa shape index (κ2) is 6.49. The summed E-state index contributed by atoms with van der Waals surface area (Å²) in [4.78, 5) is 16.8. The molecule has 1 atom stereocenters. The van der Waals surface area contributed by atoms with Crippen LogP contribution in [0.1, 0.15) is 19.4 Å². The minimum atomic E-state index is -1.52. The van der Waals surface area contributed by atoms with Gasteiger partial charge in [-0.15, -0.1) is 0 Å². The van der Waals surface area contributed by atoms with Crippen LogP contribution >= 0.6 is 15.9 Å². The number of carbonyl (C=O) groups excluding carboxylic acids is 1. The molecule has 1 aromatic rings. The minimum Gasteiger partial charge on any atom is -0.388 e. The van der Waals surface area contributed by atoms with Gasteiger partial charge in [-0.25, -0.2) is 9.38 Å². The monoisotopic (exact) mass is 381 g/mol. The molecule has 0 saturated carbocycles. The van der Waals surface area contributed by atoms with Gasteiger partial charge in [0.15, 0.2) is 11.5 Å². The lowest BCUT2D eigenvalue weighted by atomic mass is 9.83. The molecule has 0 aliphatic carbocycles. The van der Waals surface area contributed by atoms with E-state index in [0.29, 0.717) is 11.1 Å². The zero-order valence-corrected chi connectivity index (χ0v) is 14.2. The van der Waals surface area contributed by atoms with E-state index in [1.807, 2.05) is 13.8 Å². The van der Waals surface area contributed by atoms with Crippen LogP contribution in [0.2, 0.25) is 0 Å². The first-order chi connectivity index (χ1) is 10.8. The lowest BCUT2D eigenvalue weighted by Gasteiger charge is -2.25. The average Bonchev–Trinajstić information content (AvgIpc) is 2.78. The Bertz CT molecular complexity index is 716. The number of carbonyl (C=O) groups is 1. The third kappa shape index (κ3) is 3.12. The largest absolute Gasteiger partial charge is 0.388 e. The van der Waals surface area contributed by atoms with Gasteiger partial charge in [0.25, 0.3) is 5.91 Å². The highest BCUT2D eigenvalue weighted by atomic mass is 79.9. The van der Waals surface area contributed by atoms with Crippen molar-refractivity contribution in [2.75, 3.05) is 0 Å². The molecule has 2 rings (SSSR count). The van der Waals surface area contributed by atoms with Gasteiger partial charge < -0.3 is 16.5 Å². The van der Waals surface area contributed by atoms with Crippen LogP contribution in [0.4, 0.5) is 4.39 Å². The van der Waals surface area contributed by atoms with Gasteiger partial charge in [0.05, 0.1) is 4.47 Å². The van der Waals surface area contributed by atoms with Crippen LogP contribution in [0, 0.1) is 11.2 Å². The van der Waals surface area contributed by atoms with Crippen LogP contribution < -0.4 is 16.4 Å². The van der Waals surface area contributed by atoms with Crippen LogP contribution in [0.5, 0.6) is 0 Å². The summed E-state index contributed by atoms with van der Waals surface area (Å²) in [5.74, 6) is -0.999. The normalized spacial score (nSPS) is 21.2. The number of rotatable bonds is 5. The van der Waals surface area contributed by atoms with E-state index < -0.39 is 17.3 Å². The summed E-state index contributed by atoms with van der Waals surface area (Å²) in [6.07, 6.45) is 2.59. The molecule has 8 heteroatoms. The highest BCUT2D eigenvalue weighted by molar-refractivity contribution is 9.10. The number of nitrogens with two attached hydrogens (primary N) is 1. The Kier molecular flexibility index (Phi) is 4.84. The maximum atomic E-state index is 13.5. The van der Waals surface area contributed by atoms with Crippen LogP contribution in [-0.4, -0.2) is 24.1 Å². The van der Waals surface area contributed by atoms with Crippen molar-refractivity contribution in [3.63, 3.8) is 0 Å². The Morgan fingerprint density at radius 3 is 2.74 bits per heavy atom. The van der Waals surface area contributed by atoms with Crippen LogP contribution in [0.15, 0.2) is 39.4 Å². The SMILES string of the molecule is CC(C)N/C=C(\C=N)C1(c2ccc(F)c(Br)c2)N=C(N)NC1=O. The first-order valence-electron chi connectivity index (χ1n) is 6.90. The molecule has 0 fully saturated rings. The molecule has 1 unspecified atom stereocenters. The van der Waals surface area contributed by atoms with E-state index in [1.165, 1.54) is 18.2 Å². The standard InChI is InChI=1S/C15H17BrFN5O/c1-8(2)20-7-10(6-18)15(13(23)21-14(19)22-15)9-3-4-12(17)11(16)5-9/h3-8,18,20H,1-2H3,(H3,19,21,22,23)/b10-7+,18-6?. The number of amides is 1. The smallest absolute Gasteiger partial charge is 0.264 e. The van der Waals surface area contributed by atoms with Crippen molar-refractivity contribution in [2.45, 2.75) is 25.4 Å². The van der Waals surface area contributed by atoms with E-state index in [2.05, 4.69) is 31.6 Å². The predicted molar refractivity (Wildman–Crippen MR) is 90.7 cm³/mol. The number of benzene rings is 1. The summed E-state index contributed by atoms with van der Waals surface area (Å²) in [5, 5.41) is 13.2. The second-order valence-corrected chi connectivity index (χ2v) is 6.21. The summed E-state index contributed by atoms with van der Waals surface area (Å²) in [6.45, 7) is 3.84. The van der Waals surface area contributed by atoms with Gasteiger partial charge >= 0.3 is 0 Å². The highest BCUT2D eigenvalue weighted by Gasteiger charge is 2.48. The highest BCUT2D eigenvalue weighted by Crippen LogP contribution is 2.37. The molecule has 0 bridgehead atoms. The molecule has 5 N–H and O–H groups in total. The van der Waals surface area contributed by atoms with Gasteiger partial charge in [-0.3, -0.25) is 10.1 Å². The number of guanidine groups is 1. The summed E-state index contributed by atoms with van der Waals surface area (Å²) in [7, 11) is 0. The average molecular weight is 382 g/mol. The van der Waals surface area contributed by atoms with Gasteiger partial charge in [-0.2, -0.15) is 0 Å². The molecule has 122 valence electrons. The zero-order valence-electron chi connectivity index (χ0n) is 12.7. The van der Waals surface area contributed by atoms with Crippen LogP contribution in [0.3, 0.4) is 0 Å². The predicted octanol–water partition coefficient (Wildman–Crippen LogP) is 1.76. The first kappa shape index (κ1) is 17.1. The number of hydrogen-bond donors (Lipinski definition) is 4. The molecular weight excluding hydrogens is 365 g/mol. The summed E-state index contributed by atoms with van der Waals surface area (Å²) >= 11 is 3.11. The molecule has 0 aromatic heterocycles. The van der Waals surface area contributed by atoms with E-state index in [0.717, 1.165) is 6.21 Å². The molecule has 1 amide bonds. The third-order valence-corrected chi connectivity index (χ3v) is 3.95. The fourth-order valence-corrected chi connectivity index (χ4v) is 2.63. The summed E-state index contributed by atoms with van der Waals surface area (Å²) in [6, 6.07) is 4.25. The van der Waals surface area contributed by atoms with Crippen molar-refractivity contribution < 1.29 is 9.18 Å².